The average molecular weight is 348 g/mol. The van der Waals surface area contributed by atoms with Gasteiger partial charge < -0.3 is 5.32 Å². The van der Waals surface area contributed by atoms with Gasteiger partial charge in [0.05, 0.1) is 0 Å². The highest BCUT2D eigenvalue weighted by molar-refractivity contribution is 7.99. The first-order valence-corrected chi connectivity index (χ1v) is 9.04. The summed E-state index contributed by atoms with van der Waals surface area (Å²) in [4.78, 5) is 13.3. The number of hydrogen-bond acceptors (Lipinski definition) is 2. The molecule has 0 saturated carbocycles. The predicted octanol–water partition coefficient (Wildman–Crippen LogP) is 4.96. The van der Waals surface area contributed by atoms with E-state index in [2.05, 4.69) is 31.3 Å². The van der Waals surface area contributed by atoms with Crippen LogP contribution < -0.4 is 5.32 Å². The normalized spacial score (nSPS) is 11.3. The predicted molar refractivity (Wildman–Crippen MR) is 99.2 cm³/mol. The zero-order chi connectivity index (χ0) is 16.7. The van der Waals surface area contributed by atoms with Gasteiger partial charge in [-0.15, -0.1) is 11.8 Å². The first-order valence-electron chi connectivity index (χ1n) is 7.68. The van der Waals surface area contributed by atoms with Crippen LogP contribution in [0.5, 0.6) is 0 Å². The molecule has 2 nitrogen and oxygen atoms in total. The molecule has 0 aliphatic carbocycles. The third kappa shape index (κ3) is 6.67. The minimum atomic E-state index is -0.247. The van der Waals surface area contributed by atoms with E-state index in [0.29, 0.717) is 6.42 Å². The van der Waals surface area contributed by atoms with E-state index in [1.165, 1.54) is 5.56 Å². The molecule has 0 saturated heterocycles. The molecule has 0 aliphatic rings. The molecule has 0 radical (unpaired) electrons. The zero-order valence-corrected chi connectivity index (χ0v) is 15.1. The van der Waals surface area contributed by atoms with Crippen LogP contribution in [-0.4, -0.2) is 17.2 Å². The SMILES string of the molecule is CC(C)(Cc1ccccc1)NC(=O)CCSc1ccc(Cl)cc1. The summed E-state index contributed by atoms with van der Waals surface area (Å²) < 4.78 is 0. The number of hydrogen-bond donors (Lipinski definition) is 1. The highest BCUT2D eigenvalue weighted by Gasteiger charge is 2.20. The van der Waals surface area contributed by atoms with Crippen LogP contribution >= 0.6 is 23.4 Å². The molecule has 122 valence electrons. The Morgan fingerprint density at radius 2 is 1.74 bits per heavy atom. The van der Waals surface area contributed by atoms with E-state index in [1.54, 1.807) is 11.8 Å². The van der Waals surface area contributed by atoms with Gasteiger partial charge >= 0.3 is 0 Å². The van der Waals surface area contributed by atoms with Crippen LogP contribution in [0.25, 0.3) is 0 Å². The van der Waals surface area contributed by atoms with Crippen molar-refractivity contribution >= 4 is 29.3 Å². The lowest BCUT2D eigenvalue weighted by Crippen LogP contribution is -2.45. The van der Waals surface area contributed by atoms with Gasteiger partial charge in [-0.25, -0.2) is 0 Å². The molecule has 0 atom stereocenters. The van der Waals surface area contributed by atoms with Gasteiger partial charge in [-0.1, -0.05) is 41.9 Å². The first kappa shape index (κ1) is 17.9. The number of carbonyl (C=O) groups excluding carboxylic acids is 1. The van der Waals surface area contributed by atoms with E-state index in [4.69, 9.17) is 11.6 Å². The Morgan fingerprint density at radius 3 is 2.39 bits per heavy atom. The van der Waals surface area contributed by atoms with E-state index in [9.17, 15) is 4.79 Å². The number of nitrogens with one attached hydrogen (secondary N) is 1. The lowest BCUT2D eigenvalue weighted by molar-refractivity contribution is -0.122. The maximum absolute atomic E-state index is 12.1. The van der Waals surface area contributed by atoms with E-state index in [0.717, 1.165) is 22.1 Å². The van der Waals surface area contributed by atoms with Gasteiger partial charge in [0.1, 0.15) is 0 Å². The first-order chi connectivity index (χ1) is 10.9. The van der Waals surface area contributed by atoms with Crippen molar-refractivity contribution in [2.45, 2.75) is 37.1 Å². The molecule has 0 aliphatic heterocycles. The number of amides is 1. The summed E-state index contributed by atoms with van der Waals surface area (Å²) in [5.74, 6) is 0.849. The van der Waals surface area contributed by atoms with Crippen molar-refractivity contribution in [3.05, 3.63) is 65.2 Å². The molecule has 23 heavy (non-hydrogen) atoms. The van der Waals surface area contributed by atoms with Crippen LogP contribution in [0.2, 0.25) is 5.02 Å². The van der Waals surface area contributed by atoms with Crippen molar-refractivity contribution in [2.75, 3.05) is 5.75 Å². The fraction of sp³-hybridized carbons (Fsp3) is 0.316. The molecule has 0 unspecified atom stereocenters. The lowest BCUT2D eigenvalue weighted by Gasteiger charge is -2.26. The molecule has 1 N–H and O–H groups in total. The third-order valence-corrected chi connectivity index (χ3v) is 4.64. The summed E-state index contributed by atoms with van der Waals surface area (Å²) in [7, 11) is 0. The summed E-state index contributed by atoms with van der Waals surface area (Å²) in [6.45, 7) is 4.12. The largest absolute Gasteiger partial charge is 0.351 e. The van der Waals surface area contributed by atoms with Crippen LogP contribution in [0.4, 0.5) is 0 Å². The van der Waals surface area contributed by atoms with E-state index < -0.39 is 0 Å². The summed E-state index contributed by atoms with van der Waals surface area (Å²) in [6.07, 6.45) is 1.33. The number of carbonyl (C=O) groups is 1. The summed E-state index contributed by atoms with van der Waals surface area (Å²) in [5, 5.41) is 3.86. The second kappa shape index (κ2) is 8.42. The molecule has 2 aromatic rings. The Hall–Kier alpha value is -1.45. The molecule has 0 aromatic heterocycles. The van der Waals surface area contributed by atoms with Gasteiger partial charge in [0, 0.05) is 27.6 Å². The Kier molecular flexibility index (Phi) is 6.55. The van der Waals surface area contributed by atoms with E-state index in [-0.39, 0.29) is 11.4 Å². The maximum Gasteiger partial charge on any atom is 0.221 e. The van der Waals surface area contributed by atoms with Gasteiger partial charge in [-0.2, -0.15) is 0 Å². The molecule has 1 amide bonds. The van der Waals surface area contributed by atoms with Crippen LogP contribution in [0.3, 0.4) is 0 Å². The third-order valence-electron chi connectivity index (χ3n) is 3.38. The second-order valence-corrected chi connectivity index (χ2v) is 7.75. The van der Waals surface area contributed by atoms with E-state index in [1.807, 2.05) is 42.5 Å². The van der Waals surface area contributed by atoms with Crippen molar-refractivity contribution in [3.8, 4) is 0 Å². The van der Waals surface area contributed by atoms with Gasteiger partial charge in [-0.05, 0) is 50.1 Å². The van der Waals surface area contributed by atoms with Crippen LogP contribution in [-0.2, 0) is 11.2 Å². The molecule has 4 heteroatoms. The van der Waals surface area contributed by atoms with E-state index >= 15 is 0 Å². The average Bonchev–Trinajstić information content (AvgIpc) is 2.49. The molecule has 0 heterocycles. The van der Waals surface area contributed by atoms with Crippen molar-refractivity contribution in [1.82, 2.24) is 5.32 Å². The lowest BCUT2D eigenvalue weighted by atomic mass is 9.95. The zero-order valence-electron chi connectivity index (χ0n) is 13.5. The summed E-state index contributed by atoms with van der Waals surface area (Å²) in [6, 6.07) is 17.9. The van der Waals surface area contributed by atoms with Crippen molar-refractivity contribution in [3.63, 3.8) is 0 Å². The molecule has 2 rings (SSSR count). The maximum atomic E-state index is 12.1. The van der Waals surface area contributed by atoms with Gasteiger partial charge in [0.15, 0.2) is 0 Å². The standard InChI is InChI=1S/C19H22ClNOS/c1-19(2,14-15-6-4-3-5-7-15)21-18(22)12-13-23-17-10-8-16(20)9-11-17/h3-11H,12-14H2,1-2H3,(H,21,22). The topological polar surface area (TPSA) is 29.1 Å². The Morgan fingerprint density at radius 1 is 1.09 bits per heavy atom. The highest BCUT2D eigenvalue weighted by atomic mass is 35.5. The second-order valence-electron chi connectivity index (χ2n) is 6.15. The Bertz CT molecular complexity index is 626. The van der Waals surface area contributed by atoms with Crippen molar-refractivity contribution in [2.24, 2.45) is 0 Å². The smallest absolute Gasteiger partial charge is 0.221 e. The van der Waals surface area contributed by atoms with Gasteiger partial charge in [0.2, 0.25) is 5.91 Å². The number of rotatable bonds is 7. The minimum absolute atomic E-state index is 0.0902. The van der Waals surface area contributed by atoms with Crippen molar-refractivity contribution in [1.29, 1.82) is 0 Å². The highest BCUT2D eigenvalue weighted by Crippen LogP contribution is 2.21. The Labute approximate surface area is 147 Å². The number of thioether (sulfide) groups is 1. The summed E-state index contributed by atoms with van der Waals surface area (Å²) >= 11 is 7.53. The fourth-order valence-corrected chi connectivity index (χ4v) is 3.36. The Balaban J connectivity index is 1.76. The number of benzene rings is 2. The molecule has 0 bridgehead atoms. The molecule has 0 fully saturated rings. The van der Waals surface area contributed by atoms with Crippen LogP contribution in [0, 0.1) is 0 Å². The minimum Gasteiger partial charge on any atom is -0.351 e. The molecule has 0 spiro atoms. The quantitative estimate of drug-likeness (QED) is 0.717. The molecular weight excluding hydrogens is 326 g/mol. The molecule has 2 aromatic carbocycles. The van der Waals surface area contributed by atoms with Crippen molar-refractivity contribution < 1.29 is 4.79 Å². The fourth-order valence-electron chi connectivity index (χ4n) is 2.38. The molecular formula is C19H22ClNOS. The summed E-state index contributed by atoms with van der Waals surface area (Å²) in [5.41, 5.74) is 0.983. The van der Waals surface area contributed by atoms with Gasteiger partial charge in [0.25, 0.3) is 0 Å². The van der Waals surface area contributed by atoms with Crippen LogP contribution in [0.1, 0.15) is 25.8 Å². The van der Waals surface area contributed by atoms with Gasteiger partial charge in [-0.3, -0.25) is 4.79 Å². The monoisotopic (exact) mass is 347 g/mol. The van der Waals surface area contributed by atoms with Crippen LogP contribution in [0.15, 0.2) is 59.5 Å². The number of halogens is 1.